The number of carbonyl (C=O) groups is 1. The minimum absolute atomic E-state index is 0.590. The van der Waals surface area contributed by atoms with Gasteiger partial charge in [-0.2, -0.15) is 0 Å². The largest absolute Gasteiger partial charge is 0.469 e. The monoisotopic (exact) mass is 150 g/mol. The van der Waals surface area contributed by atoms with Gasteiger partial charge in [0.25, 0.3) is 0 Å². The van der Waals surface area contributed by atoms with E-state index >= 15 is 0 Å². The highest BCUT2D eigenvalue weighted by molar-refractivity contribution is 5.73. The second-order valence-corrected chi connectivity index (χ2v) is 2.24. The Morgan fingerprint density at radius 2 is 2.55 bits per heavy atom. The third kappa shape index (κ3) is 2.08. The van der Waals surface area contributed by atoms with Crippen molar-refractivity contribution < 1.29 is 9.21 Å². The molecule has 0 amide bonds. The standard InChI is InChI=1S/C9H10O2/c1-2-8(7-10)6-9-4-3-5-11-9/h2-5,7H,6H2,1H3. The molecule has 0 aliphatic heterocycles. The van der Waals surface area contributed by atoms with Crippen LogP contribution in [0.15, 0.2) is 34.5 Å². The van der Waals surface area contributed by atoms with Crippen LogP contribution in [0.4, 0.5) is 0 Å². The van der Waals surface area contributed by atoms with Crippen LogP contribution in [0.5, 0.6) is 0 Å². The Kier molecular flexibility index (Phi) is 2.66. The van der Waals surface area contributed by atoms with Gasteiger partial charge in [-0.05, 0) is 24.6 Å². The summed E-state index contributed by atoms with van der Waals surface area (Å²) in [5.41, 5.74) is 0.750. The summed E-state index contributed by atoms with van der Waals surface area (Å²) >= 11 is 0. The molecule has 0 radical (unpaired) electrons. The molecular weight excluding hydrogens is 140 g/mol. The summed E-state index contributed by atoms with van der Waals surface area (Å²) in [6.45, 7) is 1.84. The molecule has 1 heterocycles. The van der Waals surface area contributed by atoms with E-state index in [0.29, 0.717) is 6.42 Å². The van der Waals surface area contributed by atoms with Gasteiger partial charge in [0.15, 0.2) is 0 Å². The van der Waals surface area contributed by atoms with Gasteiger partial charge < -0.3 is 4.42 Å². The average Bonchev–Trinajstić information content (AvgIpc) is 2.52. The molecule has 0 saturated carbocycles. The Hall–Kier alpha value is -1.31. The molecule has 0 bridgehead atoms. The van der Waals surface area contributed by atoms with Crippen LogP contribution >= 0.6 is 0 Å². The smallest absolute Gasteiger partial charge is 0.146 e. The Labute approximate surface area is 65.5 Å². The zero-order valence-electron chi connectivity index (χ0n) is 6.41. The molecule has 1 aromatic heterocycles. The van der Waals surface area contributed by atoms with Crippen LogP contribution < -0.4 is 0 Å². The molecule has 1 rings (SSSR count). The van der Waals surface area contributed by atoms with Crippen molar-refractivity contribution in [2.45, 2.75) is 13.3 Å². The number of hydrogen-bond donors (Lipinski definition) is 0. The van der Waals surface area contributed by atoms with Crippen LogP contribution in [0.2, 0.25) is 0 Å². The third-order valence-electron chi connectivity index (χ3n) is 1.48. The maximum atomic E-state index is 10.4. The summed E-state index contributed by atoms with van der Waals surface area (Å²) in [4.78, 5) is 10.4. The molecule has 0 fully saturated rings. The second kappa shape index (κ2) is 3.76. The number of carbonyl (C=O) groups excluding carboxylic acids is 1. The lowest BCUT2D eigenvalue weighted by Crippen LogP contribution is -1.88. The molecular formula is C9H10O2. The van der Waals surface area contributed by atoms with Crippen LogP contribution in [-0.4, -0.2) is 6.29 Å². The van der Waals surface area contributed by atoms with Crippen LogP contribution in [0.1, 0.15) is 12.7 Å². The maximum absolute atomic E-state index is 10.4. The van der Waals surface area contributed by atoms with Gasteiger partial charge in [0, 0.05) is 6.42 Å². The van der Waals surface area contributed by atoms with Crippen molar-refractivity contribution in [3.8, 4) is 0 Å². The highest BCUT2D eigenvalue weighted by atomic mass is 16.3. The second-order valence-electron chi connectivity index (χ2n) is 2.24. The van der Waals surface area contributed by atoms with Gasteiger partial charge in [-0.25, -0.2) is 0 Å². The van der Waals surface area contributed by atoms with E-state index in [2.05, 4.69) is 0 Å². The molecule has 0 aliphatic rings. The molecule has 0 spiro atoms. The summed E-state index contributed by atoms with van der Waals surface area (Å²) in [5.74, 6) is 0.824. The van der Waals surface area contributed by atoms with Crippen molar-refractivity contribution in [3.63, 3.8) is 0 Å². The quantitative estimate of drug-likeness (QED) is 0.487. The number of allylic oxidation sites excluding steroid dienone is 2. The highest BCUT2D eigenvalue weighted by Crippen LogP contribution is 2.06. The van der Waals surface area contributed by atoms with E-state index in [0.717, 1.165) is 17.6 Å². The number of furan rings is 1. The first kappa shape index (κ1) is 7.79. The van der Waals surface area contributed by atoms with E-state index in [4.69, 9.17) is 4.42 Å². The fraction of sp³-hybridized carbons (Fsp3) is 0.222. The molecule has 0 atom stereocenters. The number of rotatable bonds is 3. The zero-order chi connectivity index (χ0) is 8.10. The Balaban J connectivity index is 2.62. The summed E-state index contributed by atoms with van der Waals surface area (Å²) in [5, 5.41) is 0. The molecule has 1 aromatic rings. The fourth-order valence-electron chi connectivity index (χ4n) is 0.826. The lowest BCUT2D eigenvalue weighted by molar-refractivity contribution is -0.105. The maximum Gasteiger partial charge on any atom is 0.146 e. The van der Waals surface area contributed by atoms with Gasteiger partial charge in [-0.15, -0.1) is 0 Å². The van der Waals surface area contributed by atoms with Crippen molar-refractivity contribution in [1.29, 1.82) is 0 Å². The van der Waals surface area contributed by atoms with Crippen molar-refractivity contribution in [3.05, 3.63) is 35.8 Å². The average molecular weight is 150 g/mol. The van der Waals surface area contributed by atoms with E-state index in [1.165, 1.54) is 0 Å². The van der Waals surface area contributed by atoms with Crippen LogP contribution in [0.25, 0.3) is 0 Å². The van der Waals surface area contributed by atoms with E-state index in [9.17, 15) is 4.79 Å². The highest BCUT2D eigenvalue weighted by Gasteiger charge is 1.98. The zero-order valence-corrected chi connectivity index (χ0v) is 6.41. The van der Waals surface area contributed by atoms with Gasteiger partial charge in [0.05, 0.1) is 6.26 Å². The predicted molar refractivity (Wildman–Crippen MR) is 42.2 cm³/mol. The van der Waals surface area contributed by atoms with E-state index in [1.54, 1.807) is 12.3 Å². The molecule has 11 heavy (non-hydrogen) atoms. The van der Waals surface area contributed by atoms with E-state index < -0.39 is 0 Å². The minimum atomic E-state index is 0.590. The van der Waals surface area contributed by atoms with Crippen molar-refractivity contribution in [1.82, 2.24) is 0 Å². The molecule has 58 valence electrons. The first-order chi connectivity index (χ1) is 5.36. The molecule has 0 N–H and O–H groups in total. The number of aldehydes is 1. The minimum Gasteiger partial charge on any atom is -0.469 e. The van der Waals surface area contributed by atoms with Gasteiger partial charge in [0.1, 0.15) is 12.0 Å². The SMILES string of the molecule is CC=C(C=O)Cc1ccco1. The molecule has 0 unspecified atom stereocenters. The third-order valence-corrected chi connectivity index (χ3v) is 1.48. The van der Waals surface area contributed by atoms with Crippen molar-refractivity contribution in [2.24, 2.45) is 0 Å². The van der Waals surface area contributed by atoms with E-state index in [1.807, 2.05) is 19.1 Å². The Morgan fingerprint density at radius 1 is 1.73 bits per heavy atom. The Bertz CT molecular complexity index is 245. The normalized spacial score (nSPS) is 11.5. The molecule has 2 heteroatoms. The predicted octanol–water partition coefficient (Wildman–Crippen LogP) is 1.97. The van der Waals surface area contributed by atoms with Gasteiger partial charge in [-0.1, -0.05) is 6.08 Å². The fourth-order valence-corrected chi connectivity index (χ4v) is 0.826. The van der Waals surface area contributed by atoms with Gasteiger partial charge >= 0.3 is 0 Å². The molecule has 0 saturated heterocycles. The van der Waals surface area contributed by atoms with Crippen molar-refractivity contribution >= 4 is 6.29 Å². The topological polar surface area (TPSA) is 30.2 Å². The van der Waals surface area contributed by atoms with Crippen LogP contribution in [0.3, 0.4) is 0 Å². The Morgan fingerprint density at radius 3 is 3.00 bits per heavy atom. The van der Waals surface area contributed by atoms with Crippen LogP contribution in [-0.2, 0) is 11.2 Å². The summed E-state index contributed by atoms with van der Waals surface area (Å²) in [6, 6.07) is 3.67. The first-order valence-corrected chi connectivity index (χ1v) is 3.49. The van der Waals surface area contributed by atoms with Crippen molar-refractivity contribution in [2.75, 3.05) is 0 Å². The lowest BCUT2D eigenvalue weighted by Gasteiger charge is -1.92. The van der Waals surface area contributed by atoms with Crippen LogP contribution in [0, 0.1) is 0 Å². The van der Waals surface area contributed by atoms with E-state index in [-0.39, 0.29) is 0 Å². The van der Waals surface area contributed by atoms with Gasteiger partial charge in [0.2, 0.25) is 0 Å². The summed E-state index contributed by atoms with van der Waals surface area (Å²) in [7, 11) is 0. The first-order valence-electron chi connectivity index (χ1n) is 3.49. The summed E-state index contributed by atoms with van der Waals surface area (Å²) in [6.07, 6.45) is 4.83. The molecule has 0 aliphatic carbocycles. The lowest BCUT2D eigenvalue weighted by atomic mass is 10.2. The van der Waals surface area contributed by atoms with Gasteiger partial charge in [-0.3, -0.25) is 4.79 Å². The molecule has 0 aromatic carbocycles. The molecule has 2 nitrogen and oxygen atoms in total. The summed E-state index contributed by atoms with van der Waals surface area (Å²) < 4.78 is 5.07. The number of hydrogen-bond acceptors (Lipinski definition) is 2.